The summed E-state index contributed by atoms with van der Waals surface area (Å²) in [5.41, 5.74) is 2.11. The molecule has 1 heterocycles. The fourth-order valence-corrected chi connectivity index (χ4v) is 3.22. The second-order valence-electron chi connectivity index (χ2n) is 5.23. The van der Waals surface area contributed by atoms with Gasteiger partial charge in [-0.05, 0) is 54.1 Å². The Morgan fingerprint density at radius 1 is 1.08 bits per heavy atom. The Morgan fingerprint density at radius 3 is 2.52 bits per heavy atom. The van der Waals surface area contributed by atoms with Gasteiger partial charge in [-0.15, -0.1) is 11.8 Å². The minimum atomic E-state index is -0.269. The third kappa shape index (κ3) is 4.81. The summed E-state index contributed by atoms with van der Waals surface area (Å²) in [5, 5.41) is 4.06. The number of carbonyl (C=O) groups excluding carboxylic acids is 1. The monoisotopic (exact) mass is 372 g/mol. The van der Waals surface area contributed by atoms with Gasteiger partial charge in [-0.25, -0.2) is 9.37 Å². The zero-order chi connectivity index (χ0) is 17.6. The van der Waals surface area contributed by atoms with E-state index in [0.717, 1.165) is 5.56 Å². The van der Waals surface area contributed by atoms with Crippen molar-refractivity contribution < 1.29 is 9.18 Å². The van der Waals surface area contributed by atoms with Crippen LogP contribution in [0.2, 0.25) is 5.02 Å². The molecule has 0 unspecified atom stereocenters. The molecule has 25 heavy (non-hydrogen) atoms. The number of halogens is 2. The smallest absolute Gasteiger partial charge is 0.258 e. The molecular formula is C19H14ClFN2OS. The van der Waals surface area contributed by atoms with Gasteiger partial charge in [0, 0.05) is 22.7 Å². The third-order valence-electron chi connectivity index (χ3n) is 3.41. The largest absolute Gasteiger partial charge is 0.322 e. The van der Waals surface area contributed by atoms with Crippen LogP contribution in [0.1, 0.15) is 15.9 Å². The number of nitrogens with one attached hydrogen (secondary N) is 1. The topological polar surface area (TPSA) is 42.0 Å². The first-order valence-corrected chi connectivity index (χ1v) is 8.87. The Morgan fingerprint density at radius 2 is 1.80 bits per heavy atom. The predicted octanol–water partition coefficient (Wildman–Crippen LogP) is 5.42. The van der Waals surface area contributed by atoms with Gasteiger partial charge in [-0.1, -0.05) is 23.7 Å². The van der Waals surface area contributed by atoms with Crippen molar-refractivity contribution in [3.8, 4) is 0 Å². The number of benzene rings is 2. The normalized spacial score (nSPS) is 10.5. The van der Waals surface area contributed by atoms with Crippen molar-refractivity contribution in [3.63, 3.8) is 0 Å². The van der Waals surface area contributed by atoms with E-state index in [0.29, 0.717) is 27.1 Å². The predicted molar refractivity (Wildman–Crippen MR) is 99.6 cm³/mol. The molecule has 0 aliphatic carbocycles. The van der Waals surface area contributed by atoms with E-state index in [1.807, 2.05) is 0 Å². The van der Waals surface area contributed by atoms with E-state index < -0.39 is 0 Å². The van der Waals surface area contributed by atoms with Gasteiger partial charge in [-0.3, -0.25) is 4.79 Å². The quantitative estimate of drug-likeness (QED) is 0.608. The SMILES string of the molecule is O=C(Nc1ccc(Cl)cc1)c1cccnc1SCc1ccc(F)cc1. The number of hydrogen-bond donors (Lipinski definition) is 1. The van der Waals surface area contributed by atoms with E-state index in [2.05, 4.69) is 10.3 Å². The number of pyridine rings is 1. The van der Waals surface area contributed by atoms with Crippen molar-refractivity contribution in [2.24, 2.45) is 0 Å². The van der Waals surface area contributed by atoms with Gasteiger partial charge >= 0.3 is 0 Å². The van der Waals surface area contributed by atoms with Crippen LogP contribution in [0.3, 0.4) is 0 Å². The minimum absolute atomic E-state index is 0.239. The number of nitrogens with zero attached hydrogens (tertiary/aromatic N) is 1. The molecule has 0 aliphatic heterocycles. The molecule has 0 spiro atoms. The van der Waals surface area contributed by atoms with Crippen LogP contribution in [0.15, 0.2) is 71.9 Å². The molecule has 1 amide bonds. The van der Waals surface area contributed by atoms with Crippen molar-refractivity contribution in [3.05, 3.63) is 88.8 Å². The van der Waals surface area contributed by atoms with Crippen LogP contribution in [0.4, 0.5) is 10.1 Å². The summed E-state index contributed by atoms with van der Waals surface area (Å²) in [7, 11) is 0. The molecule has 126 valence electrons. The maximum atomic E-state index is 13.0. The molecule has 3 aromatic rings. The number of carbonyl (C=O) groups is 1. The van der Waals surface area contributed by atoms with Crippen molar-refractivity contribution >= 4 is 35.0 Å². The highest BCUT2D eigenvalue weighted by Gasteiger charge is 2.13. The van der Waals surface area contributed by atoms with E-state index in [9.17, 15) is 9.18 Å². The summed E-state index contributed by atoms with van der Waals surface area (Å²) in [6.07, 6.45) is 1.64. The van der Waals surface area contributed by atoms with Crippen molar-refractivity contribution in [2.75, 3.05) is 5.32 Å². The first-order chi connectivity index (χ1) is 12.1. The summed E-state index contributed by atoms with van der Waals surface area (Å²) in [5.74, 6) is 0.0880. The number of aromatic nitrogens is 1. The van der Waals surface area contributed by atoms with E-state index >= 15 is 0 Å². The van der Waals surface area contributed by atoms with Crippen molar-refractivity contribution in [2.45, 2.75) is 10.8 Å². The molecule has 0 saturated heterocycles. The molecule has 0 bridgehead atoms. The summed E-state index contributed by atoms with van der Waals surface area (Å²) >= 11 is 7.28. The van der Waals surface area contributed by atoms with E-state index in [1.54, 1.807) is 54.7 Å². The maximum Gasteiger partial charge on any atom is 0.258 e. The first kappa shape index (κ1) is 17.5. The standard InChI is InChI=1S/C19H14ClFN2OS/c20-14-5-9-16(10-6-14)23-18(24)17-2-1-11-22-19(17)25-12-13-3-7-15(21)8-4-13/h1-11H,12H2,(H,23,24). The van der Waals surface area contributed by atoms with Gasteiger partial charge in [0.25, 0.3) is 5.91 Å². The Hall–Kier alpha value is -2.37. The molecule has 3 rings (SSSR count). The fraction of sp³-hybridized carbons (Fsp3) is 0.0526. The van der Waals surface area contributed by atoms with Crippen LogP contribution >= 0.6 is 23.4 Å². The van der Waals surface area contributed by atoms with Gasteiger partial charge in [0.2, 0.25) is 0 Å². The lowest BCUT2D eigenvalue weighted by Gasteiger charge is -2.09. The van der Waals surface area contributed by atoms with Gasteiger partial charge in [-0.2, -0.15) is 0 Å². The Bertz CT molecular complexity index is 869. The number of thioether (sulfide) groups is 1. The Balaban J connectivity index is 1.72. The minimum Gasteiger partial charge on any atom is -0.322 e. The lowest BCUT2D eigenvalue weighted by atomic mass is 10.2. The van der Waals surface area contributed by atoms with Crippen LogP contribution in [0.5, 0.6) is 0 Å². The van der Waals surface area contributed by atoms with E-state index in [4.69, 9.17) is 11.6 Å². The number of amides is 1. The van der Waals surface area contributed by atoms with Crippen LogP contribution in [-0.2, 0) is 5.75 Å². The summed E-state index contributed by atoms with van der Waals surface area (Å²) in [4.78, 5) is 16.8. The summed E-state index contributed by atoms with van der Waals surface area (Å²) in [6, 6.07) is 16.6. The number of rotatable bonds is 5. The fourth-order valence-electron chi connectivity index (χ4n) is 2.14. The highest BCUT2D eigenvalue weighted by Crippen LogP contribution is 2.25. The van der Waals surface area contributed by atoms with E-state index in [1.165, 1.54) is 23.9 Å². The highest BCUT2D eigenvalue weighted by molar-refractivity contribution is 7.98. The molecule has 0 saturated carbocycles. The van der Waals surface area contributed by atoms with E-state index in [-0.39, 0.29) is 11.7 Å². The second kappa shape index (κ2) is 8.14. The first-order valence-electron chi connectivity index (χ1n) is 7.51. The molecule has 0 aliphatic rings. The number of hydrogen-bond acceptors (Lipinski definition) is 3. The van der Waals surface area contributed by atoms with Crippen LogP contribution in [-0.4, -0.2) is 10.9 Å². The van der Waals surface area contributed by atoms with Crippen LogP contribution in [0, 0.1) is 5.82 Å². The Kier molecular flexibility index (Phi) is 5.68. The third-order valence-corrected chi connectivity index (χ3v) is 4.74. The molecule has 6 heteroatoms. The second-order valence-corrected chi connectivity index (χ2v) is 6.63. The van der Waals surface area contributed by atoms with Gasteiger partial charge < -0.3 is 5.32 Å². The molecule has 3 nitrogen and oxygen atoms in total. The number of anilines is 1. The molecular weight excluding hydrogens is 359 g/mol. The van der Waals surface area contributed by atoms with Crippen molar-refractivity contribution in [1.29, 1.82) is 0 Å². The van der Waals surface area contributed by atoms with Crippen LogP contribution < -0.4 is 5.32 Å². The summed E-state index contributed by atoms with van der Waals surface area (Å²) in [6.45, 7) is 0. The lowest BCUT2D eigenvalue weighted by Crippen LogP contribution is -2.13. The van der Waals surface area contributed by atoms with Gasteiger partial charge in [0.05, 0.1) is 5.56 Å². The van der Waals surface area contributed by atoms with Crippen molar-refractivity contribution in [1.82, 2.24) is 4.98 Å². The molecule has 1 N–H and O–H groups in total. The molecule has 0 fully saturated rings. The zero-order valence-electron chi connectivity index (χ0n) is 13.1. The zero-order valence-corrected chi connectivity index (χ0v) is 14.7. The average molecular weight is 373 g/mol. The van der Waals surface area contributed by atoms with Crippen LogP contribution in [0.25, 0.3) is 0 Å². The maximum absolute atomic E-state index is 13.0. The lowest BCUT2D eigenvalue weighted by molar-refractivity contribution is 0.102. The summed E-state index contributed by atoms with van der Waals surface area (Å²) < 4.78 is 13.0. The molecule has 2 aromatic carbocycles. The average Bonchev–Trinajstić information content (AvgIpc) is 2.63. The Labute approximate surface area is 154 Å². The molecule has 1 aromatic heterocycles. The molecule has 0 radical (unpaired) electrons. The highest BCUT2D eigenvalue weighted by atomic mass is 35.5. The molecule has 0 atom stereocenters. The van der Waals surface area contributed by atoms with Gasteiger partial charge in [0.15, 0.2) is 0 Å². The van der Waals surface area contributed by atoms with Gasteiger partial charge in [0.1, 0.15) is 10.8 Å².